The molecule has 15 heavy (non-hydrogen) atoms. The largest absolute Gasteiger partial charge is 0.355 e. The van der Waals surface area contributed by atoms with Crippen LogP contribution in [0.3, 0.4) is 0 Å². The molecule has 1 amide bonds. The summed E-state index contributed by atoms with van der Waals surface area (Å²) in [6.07, 6.45) is 5.42. The maximum absolute atomic E-state index is 11.3. The first-order chi connectivity index (χ1) is 7.20. The second-order valence-corrected chi connectivity index (χ2v) is 4.99. The first kappa shape index (κ1) is 14.8. The van der Waals surface area contributed by atoms with Crippen molar-refractivity contribution in [2.45, 2.75) is 38.4 Å². The third-order valence-corrected chi connectivity index (χ3v) is 3.31. The van der Waals surface area contributed by atoms with E-state index in [1.165, 1.54) is 0 Å². The highest BCUT2D eigenvalue weighted by molar-refractivity contribution is 7.99. The first-order valence-electron chi connectivity index (χ1n) is 5.70. The van der Waals surface area contributed by atoms with Crippen LogP contribution in [0.2, 0.25) is 0 Å². The van der Waals surface area contributed by atoms with E-state index < -0.39 is 0 Å². The molecule has 4 heteroatoms. The Bertz CT molecular complexity index is 165. The van der Waals surface area contributed by atoms with Crippen LogP contribution in [0.4, 0.5) is 0 Å². The van der Waals surface area contributed by atoms with Gasteiger partial charge in [-0.2, -0.15) is 11.8 Å². The van der Waals surface area contributed by atoms with E-state index in [1.807, 2.05) is 11.8 Å². The molecule has 3 nitrogen and oxygen atoms in total. The summed E-state index contributed by atoms with van der Waals surface area (Å²) in [7, 11) is 0. The summed E-state index contributed by atoms with van der Waals surface area (Å²) >= 11 is 1.86. The molecular formula is C11H24N2OS. The average molecular weight is 232 g/mol. The molecule has 0 aromatic heterocycles. The molecule has 2 N–H and O–H groups in total. The monoisotopic (exact) mass is 232 g/mol. The van der Waals surface area contributed by atoms with E-state index in [0.717, 1.165) is 32.4 Å². The Morgan fingerprint density at radius 1 is 1.40 bits per heavy atom. The average Bonchev–Trinajstić information content (AvgIpc) is 2.24. The number of unbranched alkanes of at least 4 members (excludes halogenated alkanes) is 1. The predicted octanol–water partition coefficient (Wildman–Crippen LogP) is 1.63. The van der Waals surface area contributed by atoms with Crippen molar-refractivity contribution in [3.63, 3.8) is 0 Å². The molecular weight excluding hydrogens is 208 g/mol. The van der Waals surface area contributed by atoms with E-state index in [4.69, 9.17) is 0 Å². The van der Waals surface area contributed by atoms with Crippen molar-refractivity contribution in [2.75, 3.05) is 25.9 Å². The van der Waals surface area contributed by atoms with E-state index in [-0.39, 0.29) is 5.91 Å². The summed E-state index contributed by atoms with van der Waals surface area (Å²) in [6, 6.07) is 0. The van der Waals surface area contributed by atoms with Gasteiger partial charge in [0.15, 0.2) is 0 Å². The zero-order valence-electron chi connectivity index (χ0n) is 10.1. The second-order valence-electron chi connectivity index (χ2n) is 3.72. The highest BCUT2D eigenvalue weighted by Gasteiger charge is 2.01. The molecule has 0 bridgehead atoms. The van der Waals surface area contributed by atoms with Crippen molar-refractivity contribution in [2.24, 2.45) is 0 Å². The van der Waals surface area contributed by atoms with E-state index in [9.17, 15) is 4.79 Å². The Morgan fingerprint density at radius 2 is 2.13 bits per heavy atom. The molecule has 1 atom stereocenters. The van der Waals surface area contributed by atoms with Gasteiger partial charge in [0.05, 0.1) is 6.54 Å². The van der Waals surface area contributed by atoms with Gasteiger partial charge in [-0.15, -0.1) is 0 Å². The topological polar surface area (TPSA) is 41.1 Å². The number of carbonyl (C=O) groups excluding carboxylic acids is 1. The smallest absolute Gasteiger partial charge is 0.233 e. The molecule has 90 valence electrons. The Labute approximate surface area is 97.8 Å². The summed E-state index contributed by atoms with van der Waals surface area (Å²) in [5.74, 6) is 0.111. The minimum Gasteiger partial charge on any atom is -0.355 e. The Hall–Kier alpha value is -0.220. The standard InChI is InChI=1S/C11H24N2OS/c1-4-5-7-13-11(14)9-12-8-6-10(2)15-3/h10,12H,4-9H2,1-3H3,(H,13,14). The lowest BCUT2D eigenvalue weighted by molar-refractivity contribution is -0.120. The maximum atomic E-state index is 11.3. The van der Waals surface area contributed by atoms with Gasteiger partial charge in [-0.1, -0.05) is 20.3 Å². The Kier molecular flexibility index (Phi) is 10.2. The number of hydrogen-bond acceptors (Lipinski definition) is 3. The van der Waals surface area contributed by atoms with Crippen LogP contribution in [-0.4, -0.2) is 37.0 Å². The van der Waals surface area contributed by atoms with E-state index >= 15 is 0 Å². The zero-order valence-corrected chi connectivity index (χ0v) is 11.0. The van der Waals surface area contributed by atoms with Crippen LogP contribution in [0.15, 0.2) is 0 Å². The minimum atomic E-state index is 0.111. The fourth-order valence-electron chi connectivity index (χ4n) is 1.09. The summed E-state index contributed by atoms with van der Waals surface area (Å²) in [5, 5.41) is 6.70. The molecule has 0 radical (unpaired) electrons. The number of nitrogens with one attached hydrogen (secondary N) is 2. The first-order valence-corrected chi connectivity index (χ1v) is 6.99. The molecule has 0 aromatic carbocycles. The highest BCUT2D eigenvalue weighted by atomic mass is 32.2. The third kappa shape index (κ3) is 10.1. The predicted molar refractivity (Wildman–Crippen MR) is 68.4 cm³/mol. The van der Waals surface area contributed by atoms with E-state index in [2.05, 4.69) is 30.7 Å². The number of hydrogen-bond donors (Lipinski definition) is 2. The summed E-state index contributed by atoms with van der Waals surface area (Å²) < 4.78 is 0. The van der Waals surface area contributed by atoms with Crippen molar-refractivity contribution in [3.8, 4) is 0 Å². The molecule has 0 saturated carbocycles. The van der Waals surface area contributed by atoms with Crippen molar-refractivity contribution < 1.29 is 4.79 Å². The van der Waals surface area contributed by atoms with Crippen molar-refractivity contribution in [1.29, 1.82) is 0 Å². The van der Waals surface area contributed by atoms with Crippen LogP contribution in [0.1, 0.15) is 33.1 Å². The third-order valence-electron chi connectivity index (χ3n) is 2.27. The van der Waals surface area contributed by atoms with Gasteiger partial charge in [-0.25, -0.2) is 0 Å². The summed E-state index contributed by atoms with van der Waals surface area (Å²) in [6.45, 7) is 6.49. The fourth-order valence-corrected chi connectivity index (χ4v) is 1.45. The lowest BCUT2D eigenvalue weighted by atomic mass is 10.3. The van der Waals surface area contributed by atoms with Gasteiger partial charge in [-0.05, 0) is 25.6 Å². The van der Waals surface area contributed by atoms with Crippen LogP contribution in [0, 0.1) is 0 Å². The molecule has 0 fully saturated rings. The summed E-state index contributed by atoms with van der Waals surface area (Å²) in [5.41, 5.74) is 0. The fraction of sp³-hybridized carbons (Fsp3) is 0.909. The molecule has 0 spiro atoms. The molecule has 0 aliphatic carbocycles. The SMILES string of the molecule is CCCCNC(=O)CNCCC(C)SC. The van der Waals surface area contributed by atoms with Crippen LogP contribution in [0.5, 0.6) is 0 Å². The van der Waals surface area contributed by atoms with Gasteiger partial charge in [0.2, 0.25) is 5.91 Å². The van der Waals surface area contributed by atoms with Gasteiger partial charge >= 0.3 is 0 Å². The van der Waals surface area contributed by atoms with Gasteiger partial charge < -0.3 is 10.6 Å². The van der Waals surface area contributed by atoms with E-state index in [0.29, 0.717) is 11.8 Å². The number of carbonyl (C=O) groups is 1. The number of amides is 1. The number of rotatable bonds is 9. The van der Waals surface area contributed by atoms with Crippen molar-refractivity contribution in [1.82, 2.24) is 10.6 Å². The van der Waals surface area contributed by atoms with Crippen LogP contribution in [-0.2, 0) is 4.79 Å². The zero-order chi connectivity index (χ0) is 11.5. The highest BCUT2D eigenvalue weighted by Crippen LogP contribution is 2.07. The minimum absolute atomic E-state index is 0.111. The molecule has 0 aliphatic heterocycles. The maximum Gasteiger partial charge on any atom is 0.233 e. The van der Waals surface area contributed by atoms with Gasteiger partial charge in [0.1, 0.15) is 0 Å². The molecule has 0 aliphatic rings. The molecule has 0 heterocycles. The molecule has 0 saturated heterocycles. The Balaban J connectivity index is 3.23. The van der Waals surface area contributed by atoms with Gasteiger partial charge in [-0.3, -0.25) is 4.79 Å². The lowest BCUT2D eigenvalue weighted by Gasteiger charge is -2.09. The Morgan fingerprint density at radius 3 is 2.73 bits per heavy atom. The number of thioether (sulfide) groups is 1. The normalized spacial score (nSPS) is 12.5. The molecule has 0 aromatic rings. The van der Waals surface area contributed by atoms with Crippen LogP contribution in [0.25, 0.3) is 0 Å². The van der Waals surface area contributed by atoms with Crippen LogP contribution >= 0.6 is 11.8 Å². The quantitative estimate of drug-likeness (QED) is 0.594. The second kappa shape index (κ2) is 10.3. The molecule has 0 rings (SSSR count). The van der Waals surface area contributed by atoms with Crippen molar-refractivity contribution >= 4 is 17.7 Å². The van der Waals surface area contributed by atoms with E-state index in [1.54, 1.807) is 0 Å². The van der Waals surface area contributed by atoms with Crippen LogP contribution < -0.4 is 10.6 Å². The summed E-state index contributed by atoms with van der Waals surface area (Å²) in [4.78, 5) is 11.3. The molecule has 1 unspecified atom stereocenters. The lowest BCUT2D eigenvalue weighted by Crippen LogP contribution is -2.35. The van der Waals surface area contributed by atoms with Gasteiger partial charge in [0.25, 0.3) is 0 Å². The van der Waals surface area contributed by atoms with Gasteiger partial charge in [0, 0.05) is 11.8 Å². The van der Waals surface area contributed by atoms with Crippen molar-refractivity contribution in [3.05, 3.63) is 0 Å².